The summed E-state index contributed by atoms with van der Waals surface area (Å²) in [5.41, 5.74) is 5.32. The third-order valence-corrected chi connectivity index (χ3v) is 7.68. The van der Waals surface area contributed by atoms with Crippen LogP contribution in [0.1, 0.15) is 21.7 Å². The molecule has 8 heteroatoms. The Morgan fingerprint density at radius 1 is 1.08 bits per heavy atom. The highest BCUT2D eigenvalue weighted by Gasteiger charge is 2.17. The first-order chi connectivity index (χ1) is 17.5. The molecular weight excluding hydrogens is 488 g/mol. The van der Waals surface area contributed by atoms with E-state index < -0.39 is 0 Å². The molecule has 0 atom stereocenters. The van der Waals surface area contributed by atoms with E-state index in [-0.39, 0.29) is 11.7 Å². The zero-order chi connectivity index (χ0) is 25.5. The number of carbonyl (C=O) groups excluding carboxylic acids is 1. The molecule has 0 unspecified atom stereocenters. The third kappa shape index (κ3) is 6.06. The van der Waals surface area contributed by atoms with Crippen molar-refractivity contribution in [3.05, 3.63) is 93.5 Å². The van der Waals surface area contributed by atoms with Crippen LogP contribution in [0.15, 0.2) is 71.8 Å². The maximum absolute atomic E-state index is 12.7. The second-order valence-electron chi connectivity index (χ2n) is 8.10. The number of amides is 1. The largest absolute Gasteiger partial charge is 0.496 e. The minimum absolute atomic E-state index is 0.137. The number of fused-ring (bicyclic) bond motifs is 1. The molecule has 2 N–H and O–H groups in total. The fourth-order valence-electron chi connectivity index (χ4n) is 3.53. The minimum Gasteiger partial charge on any atom is -0.496 e. The average molecular weight is 515 g/mol. The monoisotopic (exact) mass is 514 g/mol. The van der Waals surface area contributed by atoms with E-state index in [1.807, 2.05) is 73.7 Å². The Labute approximate surface area is 219 Å². The van der Waals surface area contributed by atoms with Crippen LogP contribution in [0.5, 0.6) is 5.75 Å². The highest BCUT2D eigenvalue weighted by Crippen LogP contribution is 2.33. The first-order valence-electron chi connectivity index (χ1n) is 11.3. The van der Waals surface area contributed by atoms with Crippen molar-refractivity contribution < 1.29 is 9.53 Å². The minimum atomic E-state index is -0.146. The zero-order valence-electron chi connectivity index (χ0n) is 20.3. The summed E-state index contributed by atoms with van der Waals surface area (Å²) in [4.78, 5) is 17.4. The predicted octanol–water partition coefficient (Wildman–Crippen LogP) is 6.28. The molecule has 4 rings (SSSR count). The number of para-hydroxylation sites is 2. The quantitative estimate of drug-likeness (QED) is 0.256. The van der Waals surface area contributed by atoms with Crippen LogP contribution in [-0.2, 0) is 11.3 Å². The molecule has 0 aliphatic rings. The molecule has 0 radical (unpaired) electrons. The molecule has 4 aromatic rings. The summed E-state index contributed by atoms with van der Waals surface area (Å²) in [5, 5.41) is 17.6. The van der Waals surface area contributed by atoms with Gasteiger partial charge in [-0.1, -0.05) is 48.2 Å². The zero-order valence-corrected chi connectivity index (χ0v) is 21.9. The van der Waals surface area contributed by atoms with E-state index in [2.05, 4.69) is 28.6 Å². The summed E-state index contributed by atoms with van der Waals surface area (Å²) >= 11 is 2.75. The van der Waals surface area contributed by atoms with Gasteiger partial charge in [0.15, 0.2) is 0 Å². The topological polar surface area (TPSA) is 87.0 Å². The lowest BCUT2D eigenvalue weighted by Gasteiger charge is -2.14. The first-order valence-corrected chi connectivity index (χ1v) is 13.1. The fourth-order valence-corrected chi connectivity index (χ4v) is 5.41. The van der Waals surface area contributed by atoms with Crippen LogP contribution >= 0.6 is 23.1 Å². The van der Waals surface area contributed by atoms with Crippen molar-refractivity contribution in [3.63, 3.8) is 0 Å². The number of aryl methyl sites for hydroxylation is 2. The number of nitriles is 1. The molecule has 0 fully saturated rings. The summed E-state index contributed by atoms with van der Waals surface area (Å²) in [6.07, 6.45) is 0. The van der Waals surface area contributed by atoms with Gasteiger partial charge in [-0.2, -0.15) is 5.26 Å². The second-order valence-corrected chi connectivity index (χ2v) is 10.1. The maximum Gasteiger partial charge on any atom is 0.230 e. The number of benzene rings is 3. The van der Waals surface area contributed by atoms with Crippen LogP contribution in [0.4, 0.5) is 5.69 Å². The van der Waals surface area contributed by atoms with Crippen LogP contribution in [0.25, 0.3) is 15.8 Å². The number of thioether (sulfide) groups is 1. The van der Waals surface area contributed by atoms with Gasteiger partial charge in [0.2, 0.25) is 5.91 Å². The number of anilines is 1. The van der Waals surface area contributed by atoms with Crippen LogP contribution in [-0.4, -0.2) is 23.8 Å². The van der Waals surface area contributed by atoms with Gasteiger partial charge in [0, 0.05) is 17.8 Å². The van der Waals surface area contributed by atoms with Gasteiger partial charge in [0.1, 0.15) is 22.4 Å². The summed E-state index contributed by atoms with van der Waals surface area (Å²) in [7, 11) is 1.61. The maximum atomic E-state index is 12.7. The lowest BCUT2D eigenvalue weighted by molar-refractivity contribution is -0.118. The number of nitrogens with one attached hydrogen (secondary N) is 2. The van der Waals surface area contributed by atoms with Gasteiger partial charge in [-0.15, -0.1) is 11.3 Å². The Kier molecular flexibility index (Phi) is 8.26. The number of allylic oxidation sites excluding steroid dienone is 1. The average Bonchev–Trinajstić information content (AvgIpc) is 3.32. The van der Waals surface area contributed by atoms with Crippen LogP contribution in [0.3, 0.4) is 0 Å². The van der Waals surface area contributed by atoms with Crippen molar-refractivity contribution in [2.75, 3.05) is 18.2 Å². The Morgan fingerprint density at radius 2 is 1.86 bits per heavy atom. The molecule has 0 saturated heterocycles. The first kappa shape index (κ1) is 25.3. The standard InChI is InChI=1S/C28H26N4O2S2/c1-18-12-13-21(14-19(18)2)31-27(22(15-29)28-32-23-9-5-7-11-25(23)36-28)35-17-26(33)30-16-20-8-4-6-10-24(20)34-3/h4-14,31H,16-17H2,1-3H3,(H,30,33). The van der Waals surface area contributed by atoms with Gasteiger partial charge >= 0.3 is 0 Å². The molecule has 182 valence electrons. The normalized spacial score (nSPS) is 11.5. The van der Waals surface area contributed by atoms with Crippen molar-refractivity contribution in [3.8, 4) is 11.8 Å². The van der Waals surface area contributed by atoms with Gasteiger partial charge in [-0.3, -0.25) is 4.79 Å². The van der Waals surface area contributed by atoms with Crippen molar-refractivity contribution >= 4 is 50.5 Å². The third-order valence-electron chi connectivity index (χ3n) is 5.63. The summed E-state index contributed by atoms with van der Waals surface area (Å²) in [6, 6.07) is 23.7. The molecule has 36 heavy (non-hydrogen) atoms. The number of hydrogen-bond acceptors (Lipinski definition) is 7. The van der Waals surface area contributed by atoms with Crippen LogP contribution in [0.2, 0.25) is 0 Å². The Hall–Kier alpha value is -3.80. The number of ether oxygens (including phenoxy) is 1. The van der Waals surface area contributed by atoms with Gasteiger partial charge in [0.25, 0.3) is 0 Å². The highest BCUT2D eigenvalue weighted by molar-refractivity contribution is 8.04. The van der Waals surface area contributed by atoms with Crippen LogP contribution in [0, 0.1) is 25.2 Å². The number of rotatable bonds is 9. The molecule has 0 aliphatic heterocycles. The number of methoxy groups -OCH3 is 1. The number of hydrogen-bond donors (Lipinski definition) is 2. The SMILES string of the molecule is COc1ccccc1CNC(=O)CSC(Nc1ccc(C)c(C)c1)=C(C#N)c1nc2ccccc2s1. The molecule has 0 spiro atoms. The number of nitrogens with zero attached hydrogens (tertiary/aromatic N) is 2. The van der Waals surface area contributed by atoms with Crippen molar-refractivity contribution in [1.82, 2.24) is 10.3 Å². The van der Waals surface area contributed by atoms with Crippen molar-refractivity contribution in [2.24, 2.45) is 0 Å². The van der Waals surface area contributed by atoms with Gasteiger partial charge < -0.3 is 15.4 Å². The van der Waals surface area contributed by atoms with E-state index >= 15 is 0 Å². The van der Waals surface area contributed by atoms with Gasteiger partial charge in [-0.25, -0.2) is 4.98 Å². The van der Waals surface area contributed by atoms with E-state index in [4.69, 9.17) is 4.74 Å². The summed E-state index contributed by atoms with van der Waals surface area (Å²) in [5.74, 6) is 0.718. The molecular formula is C28H26N4O2S2. The number of aromatic nitrogens is 1. The van der Waals surface area contributed by atoms with Crippen molar-refractivity contribution in [2.45, 2.75) is 20.4 Å². The van der Waals surface area contributed by atoms with E-state index in [0.29, 0.717) is 22.2 Å². The highest BCUT2D eigenvalue weighted by atomic mass is 32.2. The fraction of sp³-hybridized carbons (Fsp3) is 0.179. The summed E-state index contributed by atoms with van der Waals surface area (Å²) < 4.78 is 6.37. The smallest absolute Gasteiger partial charge is 0.230 e. The second kappa shape index (κ2) is 11.8. The molecule has 0 aliphatic carbocycles. The molecule has 6 nitrogen and oxygen atoms in total. The van der Waals surface area contributed by atoms with E-state index in [1.165, 1.54) is 28.7 Å². The summed E-state index contributed by atoms with van der Waals surface area (Å²) in [6.45, 7) is 4.45. The Morgan fingerprint density at radius 3 is 2.61 bits per heavy atom. The van der Waals surface area contributed by atoms with E-state index in [9.17, 15) is 10.1 Å². The predicted molar refractivity (Wildman–Crippen MR) is 149 cm³/mol. The Balaban J connectivity index is 1.58. The van der Waals surface area contributed by atoms with E-state index in [0.717, 1.165) is 32.8 Å². The Bertz CT molecular complexity index is 1440. The molecule has 0 saturated carbocycles. The lowest BCUT2D eigenvalue weighted by Crippen LogP contribution is -2.25. The molecule has 1 heterocycles. The molecule has 3 aromatic carbocycles. The molecule has 0 bridgehead atoms. The number of thiazole rings is 1. The number of carbonyl (C=O) groups is 1. The molecule has 1 aromatic heterocycles. The van der Waals surface area contributed by atoms with Crippen LogP contribution < -0.4 is 15.4 Å². The van der Waals surface area contributed by atoms with E-state index in [1.54, 1.807) is 7.11 Å². The lowest BCUT2D eigenvalue weighted by atomic mass is 10.1. The van der Waals surface area contributed by atoms with Crippen molar-refractivity contribution in [1.29, 1.82) is 5.26 Å². The molecule has 1 amide bonds. The van der Waals surface area contributed by atoms with Gasteiger partial charge in [-0.05, 0) is 55.3 Å². The van der Waals surface area contributed by atoms with Gasteiger partial charge in [0.05, 0.1) is 28.1 Å².